The molecule has 24 heavy (non-hydrogen) atoms. The second kappa shape index (κ2) is 8.06. The van der Waals surface area contributed by atoms with Crippen LogP contribution in [0.2, 0.25) is 0 Å². The van der Waals surface area contributed by atoms with Crippen molar-refractivity contribution in [3.8, 4) is 0 Å². The molecule has 2 rings (SSSR count). The lowest BCUT2D eigenvalue weighted by molar-refractivity contribution is -0.168. The molecule has 0 aromatic rings. The van der Waals surface area contributed by atoms with E-state index >= 15 is 0 Å². The first-order chi connectivity index (χ1) is 11.2. The molecule has 0 aliphatic heterocycles. The molecule has 0 bridgehead atoms. The standard InChI is InChI=1S/C22H38O2/c1-15(2)20-8-7-18(6)13-19(20)14-21(23)24-22(16(3)4)11-9-17(5)10-12-22/h9,15-16,18-20H,7-8,10-14H2,1-6H3. The summed E-state index contributed by atoms with van der Waals surface area (Å²) in [5, 5.41) is 0. The number of hydrogen-bond donors (Lipinski definition) is 0. The van der Waals surface area contributed by atoms with Gasteiger partial charge < -0.3 is 4.74 Å². The van der Waals surface area contributed by atoms with Gasteiger partial charge in [-0.2, -0.15) is 0 Å². The molecule has 138 valence electrons. The maximum absolute atomic E-state index is 12.8. The van der Waals surface area contributed by atoms with Gasteiger partial charge >= 0.3 is 5.97 Å². The molecule has 4 atom stereocenters. The molecule has 2 aliphatic carbocycles. The monoisotopic (exact) mass is 334 g/mol. The van der Waals surface area contributed by atoms with E-state index in [0.29, 0.717) is 30.1 Å². The molecule has 0 N–H and O–H groups in total. The summed E-state index contributed by atoms with van der Waals surface area (Å²) in [5.74, 6) is 3.01. The highest BCUT2D eigenvalue weighted by atomic mass is 16.6. The molecular weight excluding hydrogens is 296 g/mol. The number of rotatable bonds is 5. The largest absolute Gasteiger partial charge is 0.458 e. The smallest absolute Gasteiger partial charge is 0.306 e. The average Bonchev–Trinajstić information content (AvgIpc) is 2.49. The summed E-state index contributed by atoms with van der Waals surface area (Å²) in [7, 11) is 0. The fourth-order valence-electron chi connectivity index (χ4n) is 4.81. The number of esters is 1. The third kappa shape index (κ3) is 4.64. The highest BCUT2D eigenvalue weighted by Gasteiger charge is 2.40. The first-order valence-electron chi connectivity index (χ1n) is 10.1. The fourth-order valence-corrected chi connectivity index (χ4v) is 4.81. The SMILES string of the molecule is CC1=CCC(OC(=O)CC2CC(C)CCC2C(C)C)(C(C)C)CC1. The zero-order valence-corrected chi connectivity index (χ0v) is 16.7. The molecule has 2 heteroatoms. The van der Waals surface area contributed by atoms with Gasteiger partial charge in [-0.25, -0.2) is 0 Å². The highest BCUT2D eigenvalue weighted by Crippen LogP contribution is 2.41. The van der Waals surface area contributed by atoms with Crippen molar-refractivity contribution in [2.45, 2.75) is 92.1 Å². The van der Waals surface area contributed by atoms with Crippen molar-refractivity contribution >= 4 is 5.97 Å². The van der Waals surface area contributed by atoms with E-state index < -0.39 is 0 Å². The molecule has 4 unspecified atom stereocenters. The van der Waals surface area contributed by atoms with Crippen LogP contribution in [0.25, 0.3) is 0 Å². The number of carbonyl (C=O) groups is 1. The molecule has 0 saturated heterocycles. The number of ether oxygens (including phenoxy) is 1. The van der Waals surface area contributed by atoms with Gasteiger partial charge in [0.15, 0.2) is 0 Å². The van der Waals surface area contributed by atoms with Gasteiger partial charge in [-0.1, -0.05) is 52.7 Å². The summed E-state index contributed by atoms with van der Waals surface area (Å²) in [6.07, 6.45) is 9.58. The molecular formula is C22H38O2. The molecule has 0 spiro atoms. The van der Waals surface area contributed by atoms with Gasteiger partial charge in [0, 0.05) is 12.8 Å². The van der Waals surface area contributed by atoms with Crippen molar-refractivity contribution in [2.24, 2.45) is 29.6 Å². The van der Waals surface area contributed by atoms with Crippen molar-refractivity contribution in [1.82, 2.24) is 0 Å². The van der Waals surface area contributed by atoms with E-state index in [-0.39, 0.29) is 11.6 Å². The van der Waals surface area contributed by atoms with Gasteiger partial charge in [0.05, 0.1) is 0 Å². The summed E-state index contributed by atoms with van der Waals surface area (Å²) in [5.41, 5.74) is 1.16. The predicted molar refractivity (Wildman–Crippen MR) is 101 cm³/mol. The lowest BCUT2D eigenvalue weighted by Gasteiger charge is -2.41. The van der Waals surface area contributed by atoms with Crippen LogP contribution in [0.5, 0.6) is 0 Å². The second-order valence-corrected chi connectivity index (χ2v) is 9.24. The second-order valence-electron chi connectivity index (χ2n) is 9.24. The lowest BCUT2D eigenvalue weighted by Crippen LogP contribution is -2.42. The van der Waals surface area contributed by atoms with Crippen molar-refractivity contribution < 1.29 is 9.53 Å². The molecule has 0 heterocycles. The van der Waals surface area contributed by atoms with Gasteiger partial charge in [0.1, 0.15) is 5.60 Å². The molecule has 0 radical (unpaired) electrons. The minimum Gasteiger partial charge on any atom is -0.458 e. The van der Waals surface area contributed by atoms with Crippen molar-refractivity contribution in [3.05, 3.63) is 11.6 Å². The zero-order chi connectivity index (χ0) is 17.9. The van der Waals surface area contributed by atoms with Gasteiger partial charge in [-0.05, 0) is 62.2 Å². The number of allylic oxidation sites excluding steroid dienone is 1. The van der Waals surface area contributed by atoms with Crippen molar-refractivity contribution in [2.75, 3.05) is 0 Å². The maximum Gasteiger partial charge on any atom is 0.306 e. The molecule has 0 amide bonds. The Morgan fingerprint density at radius 1 is 1.29 bits per heavy atom. The fraction of sp³-hybridized carbons (Fsp3) is 0.864. The van der Waals surface area contributed by atoms with Gasteiger partial charge in [0.25, 0.3) is 0 Å². The topological polar surface area (TPSA) is 26.3 Å². The first kappa shape index (κ1) is 19.5. The van der Waals surface area contributed by atoms with Crippen LogP contribution in [-0.2, 0) is 9.53 Å². The Bertz CT molecular complexity index is 463. The van der Waals surface area contributed by atoms with Crippen LogP contribution in [0.1, 0.15) is 86.5 Å². The third-order valence-electron chi connectivity index (χ3n) is 6.70. The van der Waals surface area contributed by atoms with E-state index in [4.69, 9.17) is 4.74 Å². The number of carbonyl (C=O) groups excluding carboxylic acids is 1. The molecule has 2 nitrogen and oxygen atoms in total. The predicted octanol–water partition coefficient (Wildman–Crippen LogP) is 6.15. The summed E-state index contributed by atoms with van der Waals surface area (Å²) >= 11 is 0. The normalized spacial score (nSPS) is 34.3. The van der Waals surface area contributed by atoms with Crippen molar-refractivity contribution in [1.29, 1.82) is 0 Å². The highest BCUT2D eigenvalue weighted by molar-refractivity contribution is 5.70. The molecule has 0 aromatic carbocycles. The summed E-state index contributed by atoms with van der Waals surface area (Å²) in [6, 6.07) is 0. The minimum atomic E-state index is -0.274. The molecule has 1 saturated carbocycles. The summed E-state index contributed by atoms with van der Waals surface area (Å²) in [4.78, 5) is 12.8. The summed E-state index contributed by atoms with van der Waals surface area (Å²) in [6.45, 7) is 13.5. The van der Waals surface area contributed by atoms with Crippen LogP contribution in [-0.4, -0.2) is 11.6 Å². The van der Waals surface area contributed by atoms with E-state index in [0.717, 1.165) is 25.2 Å². The Labute approximate surface area is 149 Å². The maximum atomic E-state index is 12.8. The number of hydrogen-bond acceptors (Lipinski definition) is 2. The van der Waals surface area contributed by atoms with E-state index in [2.05, 4.69) is 47.6 Å². The molecule has 0 aromatic heterocycles. The van der Waals surface area contributed by atoms with Gasteiger partial charge in [-0.15, -0.1) is 0 Å². The van der Waals surface area contributed by atoms with Crippen LogP contribution >= 0.6 is 0 Å². The van der Waals surface area contributed by atoms with E-state index in [1.165, 1.54) is 24.8 Å². The van der Waals surface area contributed by atoms with Crippen LogP contribution in [0, 0.1) is 29.6 Å². The Balaban J connectivity index is 2.02. The van der Waals surface area contributed by atoms with Gasteiger partial charge in [-0.3, -0.25) is 4.79 Å². The van der Waals surface area contributed by atoms with Crippen LogP contribution in [0.15, 0.2) is 11.6 Å². The Hall–Kier alpha value is -0.790. The quantitative estimate of drug-likeness (QED) is 0.445. The third-order valence-corrected chi connectivity index (χ3v) is 6.70. The Kier molecular flexibility index (Phi) is 6.56. The Morgan fingerprint density at radius 3 is 2.54 bits per heavy atom. The van der Waals surface area contributed by atoms with Crippen LogP contribution < -0.4 is 0 Å². The summed E-state index contributed by atoms with van der Waals surface area (Å²) < 4.78 is 6.17. The Morgan fingerprint density at radius 2 is 2.00 bits per heavy atom. The molecule has 1 fully saturated rings. The van der Waals surface area contributed by atoms with E-state index in [1.807, 2.05) is 0 Å². The van der Waals surface area contributed by atoms with Crippen molar-refractivity contribution in [3.63, 3.8) is 0 Å². The lowest BCUT2D eigenvalue weighted by atomic mass is 9.69. The minimum absolute atomic E-state index is 0.0430. The van der Waals surface area contributed by atoms with E-state index in [1.54, 1.807) is 0 Å². The van der Waals surface area contributed by atoms with Crippen LogP contribution in [0.4, 0.5) is 0 Å². The average molecular weight is 335 g/mol. The van der Waals surface area contributed by atoms with Gasteiger partial charge in [0.2, 0.25) is 0 Å². The molecule has 2 aliphatic rings. The van der Waals surface area contributed by atoms with E-state index in [9.17, 15) is 4.79 Å². The first-order valence-corrected chi connectivity index (χ1v) is 10.1. The zero-order valence-electron chi connectivity index (χ0n) is 16.7. The van der Waals surface area contributed by atoms with Crippen LogP contribution in [0.3, 0.4) is 0 Å².